The Bertz CT molecular complexity index is 418. The molecule has 0 N–H and O–H groups in total. The third kappa shape index (κ3) is 13.5. The van der Waals surface area contributed by atoms with E-state index in [2.05, 4.69) is 13.2 Å². The van der Waals surface area contributed by atoms with E-state index >= 15 is 0 Å². The average Bonchev–Trinajstić information content (AvgIpc) is 2.58. The summed E-state index contributed by atoms with van der Waals surface area (Å²) in [7, 11) is 0. The van der Waals surface area contributed by atoms with Crippen molar-refractivity contribution in [3.05, 3.63) is 24.3 Å². The minimum absolute atomic E-state index is 0.136. The maximum absolute atomic E-state index is 11.2. The SMILES string of the molecule is C=C(C)C(=O)OCCOC(C)OCCOC(C)OCCOC(=O)C(=C)C. The minimum atomic E-state index is -0.458. The molecule has 0 heterocycles. The van der Waals surface area contributed by atoms with Gasteiger partial charge in [-0.3, -0.25) is 0 Å². The van der Waals surface area contributed by atoms with E-state index in [1.54, 1.807) is 27.7 Å². The van der Waals surface area contributed by atoms with Crippen LogP contribution in [0.25, 0.3) is 0 Å². The standard InChI is InChI=1S/C18H30O8/c1-13(2)17(19)25-11-9-23-15(5)21-7-8-22-16(6)24-10-12-26-18(20)14(3)4/h15-16H,1,3,7-12H2,2,4-6H3. The van der Waals surface area contributed by atoms with Gasteiger partial charge in [-0.25, -0.2) is 9.59 Å². The first kappa shape index (κ1) is 24.3. The van der Waals surface area contributed by atoms with Crippen LogP contribution in [0.3, 0.4) is 0 Å². The summed E-state index contributed by atoms with van der Waals surface area (Å²) in [6, 6.07) is 0. The lowest BCUT2D eigenvalue weighted by Crippen LogP contribution is -2.22. The number of esters is 2. The van der Waals surface area contributed by atoms with Crippen LogP contribution < -0.4 is 0 Å². The van der Waals surface area contributed by atoms with Crippen molar-refractivity contribution in [1.29, 1.82) is 0 Å². The molecule has 0 saturated carbocycles. The Morgan fingerprint density at radius 2 is 0.923 bits per heavy atom. The summed E-state index contributed by atoms with van der Waals surface area (Å²) in [5.74, 6) is -0.891. The molecule has 0 saturated heterocycles. The second kappa shape index (κ2) is 14.4. The van der Waals surface area contributed by atoms with Crippen LogP contribution in [0, 0.1) is 0 Å². The van der Waals surface area contributed by atoms with Gasteiger partial charge in [0.05, 0.1) is 26.4 Å². The quantitative estimate of drug-likeness (QED) is 0.186. The molecule has 0 radical (unpaired) electrons. The zero-order valence-corrected chi connectivity index (χ0v) is 16.1. The molecule has 0 bridgehead atoms. The van der Waals surface area contributed by atoms with E-state index in [9.17, 15) is 9.59 Å². The monoisotopic (exact) mass is 374 g/mol. The lowest BCUT2D eigenvalue weighted by atomic mass is 10.4. The number of carbonyl (C=O) groups excluding carboxylic acids is 2. The Kier molecular flexibility index (Phi) is 13.5. The molecule has 0 aliphatic heterocycles. The highest BCUT2D eigenvalue weighted by molar-refractivity contribution is 5.87. The van der Waals surface area contributed by atoms with Gasteiger partial charge in [0.15, 0.2) is 12.6 Å². The molecular weight excluding hydrogens is 344 g/mol. The van der Waals surface area contributed by atoms with Crippen LogP contribution in [-0.4, -0.2) is 64.2 Å². The third-order valence-electron chi connectivity index (χ3n) is 2.82. The first-order valence-corrected chi connectivity index (χ1v) is 8.35. The highest BCUT2D eigenvalue weighted by Crippen LogP contribution is 1.99. The first-order valence-electron chi connectivity index (χ1n) is 8.35. The van der Waals surface area contributed by atoms with E-state index in [1.165, 1.54) is 0 Å². The molecule has 0 aliphatic rings. The van der Waals surface area contributed by atoms with Crippen molar-refractivity contribution in [3.8, 4) is 0 Å². The Morgan fingerprint density at radius 1 is 0.654 bits per heavy atom. The molecule has 150 valence electrons. The Morgan fingerprint density at radius 3 is 1.19 bits per heavy atom. The van der Waals surface area contributed by atoms with E-state index in [0.717, 1.165) is 0 Å². The molecule has 2 unspecified atom stereocenters. The van der Waals surface area contributed by atoms with Gasteiger partial charge in [-0.15, -0.1) is 0 Å². The van der Waals surface area contributed by atoms with Crippen LogP contribution in [0.4, 0.5) is 0 Å². The molecule has 0 aliphatic carbocycles. The summed E-state index contributed by atoms with van der Waals surface area (Å²) in [6.07, 6.45) is -0.917. The normalized spacial score (nSPS) is 12.9. The van der Waals surface area contributed by atoms with Crippen molar-refractivity contribution >= 4 is 11.9 Å². The number of hydrogen-bond acceptors (Lipinski definition) is 8. The van der Waals surface area contributed by atoms with Gasteiger partial charge in [-0.2, -0.15) is 0 Å². The largest absolute Gasteiger partial charge is 0.460 e. The fraction of sp³-hybridized carbons (Fsp3) is 0.667. The van der Waals surface area contributed by atoms with E-state index in [1.807, 2.05) is 0 Å². The summed E-state index contributed by atoms with van der Waals surface area (Å²) < 4.78 is 31.2. The fourth-order valence-electron chi connectivity index (χ4n) is 1.47. The van der Waals surface area contributed by atoms with Crippen LogP contribution in [-0.2, 0) is 38.0 Å². The molecule has 0 rings (SSSR count). The Hall–Kier alpha value is -1.74. The maximum atomic E-state index is 11.2. The van der Waals surface area contributed by atoms with E-state index in [4.69, 9.17) is 28.4 Å². The Balaban J connectivity index is 3.54. The maximum Gasteiger partial charge on any atom is 0.333 e. The van der Waals surface area contributed by atoms with E-state index < -0.39 is 24.5 Å². The summed E-state index contributed by atoms with van der Waals surface area (Å²) >= 11 is 0. The summed E-state index contributed by atoms with van der Waals surface area (Å²) in [5.41, 5.74) is 0.688. The molecule has 8 nitrogen and oxygen atoms in total. The van der Waals surface area contributed by atoms with Crippen molar-refractivity contribution in [2.45, 2.75) is 40.3 Å². The molecule has 0 amide bonds. The van der Waals surface area contributed by atoms with Crippen molar-refractivity contribution in [2.24, 2.45) is 0 Å². The van der Waals surface area contributed by atoms with Crippen LogP contribution in [0.2, 0.25) is 0 Å². The second-order valence-corrected chi connectivity index (χ2v) is 5.45. The first-order chi connectivity index (χ1) is 12.2. The predicted molar refractivity (Wildman–Crippen MR) is 94.3 cm³/mol. The van der Waals surface area contributed by atoms with Gasteiger partial charge in [0.25, 0.3) is 0 Å². The molecule has 26 heavy (non-hydrogen) atoms. The number of carbonyl (C=O) groups is 2. The van der Waals surface area contributed by atoms with Gasteiger partial charge in [0.2, 0.25) is 0 Å². The Labute approximate surface area is 155 Å². The van der Waals surface area contributed by atoms with Crippen molar-refractivity contribution in [1.82, 2.24) is 0 Å². The molecule has 0 aromatic heterocycles. The molecular formula is C18H30O8. The predicted octanol–water partition coefficient (Wildman–Crippen LogP) is 1.98. The lowest BCUT2D eigenvalue weighted by molar-refractivity contribution is -0.178. The molecule has 0 aromatic carbocycles. The van der Waals surface area contributed by atoms with Crippen LogP contribution in [0.5, 0.6) is 0 Å². The second-order valence-electron chi connectivity index (χ2n) is 5.45. The fourth-order valence-corrected chi connectivity index (χ4v) is 1.47. The van der Waals surface area contributed by atoms with Crippen LogP contribution in [0.1, 0.15) is 27.7 Å². The number of ether oxygens (including phenoxy) is 6. The van der Waals surface area contributed by atoms with Gasteiger partial charge in [-0.1, -0.05) is 13.2 Å². The van der Waals surface area contributed by atoms with E-state index in [0.29, 0.717) is 24.4 Å². The summed E-state index contributed by atoms with van der Waals surface area (Å²) in [5, 5.41) is 0. The topological polar surface area (TPSA) is 89.5 Å². The van der Waals surface area contributed by atoms with Crippen molar-refractivity contribution < 1.29 is 38.0 Å². The summed E-state index contributed by atoms with van der Waals surface area (Å²) in [6.45, 7) is 14.9. The molecule has 0 aromatic rings. The van der Waals surface area contributed by atoms with Gasteiger partial charge < -0.3 is 28.4 Å². The molecule has 0 spiro atoms. The number of rotatable bonds is 15. The number of hydrogen-bond donors (Lipinski definition) is 0. The van der Waals surface area contributed by atoms with Gasteiger partial charge in [0.1, 0.15) is 13.2 Å². The van der Waals surface area contributed by atoms with Gasteiger partial charge >= 0.3 is 11.9 Å². The van der Waals surface area contributed by atoms with E-state index in [-0.39, 0.29) is 26.4 Å². The molecule has 8 heteroatoms. The molecule has 0 fully saturated rings. The van der Waals surface area contributed by atoms with Crippen molar-refractivity contribution in [3.63, 3.8) is 0 Å². The lowest BCUT2D eigenvalue weighted by Gasteiger charge is -2.17. The van der Waals surface area contributed by atoms with Crippen LogP contribution in [0.15, 0.2) is 24.3 Å². The highest BCUT2D eigenvalue weighted by Gasteiger charge is 2.07. The average molecular weight is 374 g/mol. The minimum Gasteiger partial charge on any atom is -0.460 e. The molecule has 2 atom stereocenters. The van der Waals surface area contributed by atoms with Gasteiger partial charge in [-0.05, 0) is 27.7 Å². The summed E-state index contributed by atoms with van der Waals surface area (Å²) in [4.78, 5) is 22.3. The van der Waals surface area contributed by atoms with Crippen LogP contribution >= 0.6 is 0 Å². The zero-order chi connectivity index (χ0) is 19.9. The van der Waals surface area contributed by atoms with Gasteiger partial charge in [0, 0.05) is 11.1 Å². The smallest absolute Gasteiger partial charge is 0.333 e. The zero-order valence-electron chi connectivity index (χ0n) is 16.1. The highest BCUT2D eigenvalue weighted by atomic mass is 16.7. The third-order valence-corrected chi connectivity index (χ3v) is 2.82. The van der Waals surface area contributed by atoms with Crippen molar-refractivity contribution in [2.75, 3.05) is 39.6 Å².